The molecule has 1 aromatic rings. The van der Waals surface area contributed by atoms with Crippen LogP contribution in [0.15, 0.2) is 24.3 Å². The highest BCUT2D eigenvalue weighted by atomic mass is 16.5. The molecule has 4 N–H and O–H groups in total. The fourth-order valence-electron chi connectivity index (χ4n) is 5.00. The number of esters is 1. The van der Waals surface area contributed by atoms with Gasteiger partial charge in [-0.2, -0.15) is 0 Å². The lowest BCUT2D eigenvalue weighted by Gasteiger charge is -2.25. The van der Waals surface area contributed by atoms with Crippen LogP contribution < -0.4 is 16.0 Å². The second-order valence-corrected chi connectivity index (χ2v) is 13.1. The number of rotatable bonds is 17. The summed E-state index contributed by atoms with van der Waals surface area (Å²) in [5.41, 5.74) is 0.803. The fourth-order valence-corrected chi connectivity index (χ4v) is 5.00. The Hall–Kier alpha value is -4.29. The molecule has 3 atom stereocenters. The first-order valence-corrected chi connectivity index (χ1v) is 15.7. The Morgan fingerprint density at radius 3 is 2.15 bits per heavy atom. The Morgan fingerprint density at radius 1 is 0.957 bits per heavy atom. The summed E-state index contributed by atoms with van der Waals surface area (Å²) in [6.45, 7) is 11.0. The summed E-state index contributed by atoms with van der Waals surface area (Å²) in [6.07, 6.45) is 1.45. The predicted molar refractivity (Wildman–Crippen MR) is 169 cm³/mol. The molecule has 0 radical (unpaired) electrons. The van der Waals surface area contributed by atoms with Gasteiger partial charge in [0.05, 0.1) is 5.92 Å². The van der Waals surface area contributed by atoms with E-state index in [0.717, 1.165) is 0 Å². The molecule has 0 bridgehead atoms. The number of nitrogens with zero attached hydrogens (tertiary/aromatic N) is 1. The van der Waals surface area contributed by atoms with Gasteiger partial charge in [0.1, 0.15) is 18.7 Å². The second kappa shape index (κ2) is 17.4. The van der Waals surface area contributed by atoms with E-state index in [-0.39, 0.29) is 67.3 Å². The number of aliphatic carboxylic acids is 1. The van der Waals surface area contributed by atoms with Crippen LogP contribution in [0.1, 0.15) is 92.1 Å². The smallest absolute Gasteiger partial charge is 0.303 e. The number of carboxylic acids is 1. The monoisotopic (exact) mass is 644 g/mol. The number of carbonyl (C=O) groups excluding carboxylic acids is 6. The Labute approximate surface area is 270 Å². The van der Waals surface area contributed by atoms with E-state index < -0.39 is 35.8 Å². The molecule has 13 nitrogen and oxygen atoms in total. The minimum atomic E-state index is -1.18. The minimum Gasteiger partial charge on any atom is -0.481 e. The number of carboxylic acid groups (broad SMARTS) is 1. The van der Waals surface area contributed by atoms with Crippen molar-refractivity contribution in [2.24, 2.45) is 17.3 Å². The Bertz CT molecular complexity index is 1270. The van der Waals surface area contributed by atoms with Crippen molar-refractivity contribution in [2.45, 2.75) is 105 Å². The van der Waals surface area contributed by atoms with Gasteiger partial charge in [-0.1, -0.05) is 53.2 Å². The third-order valence-corrected chi connectivity index (χ3v) is 7.78. The number of unbranched alkanes of at least 4 members (excludes halogenated alkanes) is 2. The van der Waals surface area contributed by atoms with E-state index in [0.29, 0.717) is 37.1 Å². The molecule has 1 heterocycles. The zero-order valence-electron chi connectivity index (χ0n) is 27.6. The lowest BCUT2D eigenvalue weighted by Crippen LogP contribution is -2.54. The van der Waals surface area contributed by atoms with E-state index >= 15 is 0 Å². The lowest BCUT2D eigenvalue weighted by molar-refractivity contribution is -0.142. The van der Waals surface area contributed by atoms with Crippen LogP contribution in [0.2, 0.25) is 0 Å². The van der Waals surface area contributed by atoms with E-state index in [1.165, 1.54) is 11.8 Å². The minimum absolute atomic E-state index is 0.0713. The fraction of sp³-hybridized carbons (Fsp3) is 0.606. The van der Waals surface area contributed by atoms with Crippen molar-refractivity contribution in [1.82, 2.24) is 15.5 Å². The highest BCUT2D eigenvalue weighted by Crippen LogP contribution is 2.35. The van der Waals surface area contributed by atoms with Gasteiger partial charge in [0, 0.05) is 38.4 Å². The highest BCUT2D eigenvalue weighted by molar-refractivity contribution is 6.04. The number of hydrogen-bond donors (Lipinski definition) is 4. The van der Waals surface area contributed by atoms with Gasteiger partial charge in [-0.05, 0) is 48.3 Å². The third kappa shape index (κ3) is 12.2. The van der Waals surface area contributed by atoms with Crippen molar-refractivity contribution >= 4 is 47.2 Å². The van der Waals surface area contributed by atoms with Gasteiger partial charge in [-0.3, -0.25) is 38.5 Å². The van der Waals surface area contributed by atoms with Crippen molar-refractivity contribution in [3.05, 3.63) is 29.8 Å². The zero-order valence-corrected chi connectivity index (χ0v) is 27.6. The molecule has 0 saturated carbocycles. The van der Waals surface area contributed by atoms with Crippen molar-refractivity contribution in [2.75, 3.05) is 11.9 Å². The molecule has 1 fully saturated rings. The Kier molecular flexibility index (Phi) is 14.3. The number of amides is 5. The molecule has 0 aromatic heterocycles. The largest absolute Gasteiger partial charge is 0.481 e. The standard InChI is InChI=1S/C33H48N4O9/c1-20(2)29(36-26(39)10-8-7-9-17-37-27(40)18-24(32(37)45)33(4,5)6)31(44)35-25(15-16-28(41)42)30(43)34-23-13-11-22(12-14-23)19-46-21(3)38/h11-14,20,24-25,29H,7-10,15-19H2,1-6H3,(H,34,43)(H,35,44)(H,36,39)(H,41,42)/t24?,25-,29-/m0/s1. The second-order valence-electron chi connectivity index (χ2n) is 13.1. The number of imide groups is 1. The third-order valence-electron chi connectivity index (χ3n) is 7.78. The molecule has 1 unspecified atom stereocenters. The summed E-state index contributed by atoms with van der Waals surface area (Å²) in [5.74, 6) is -4.15. The van der Waals surface area contributed by atoms with Crippen LogP contribution >= 0.6 is 0 Å². The maximum absolute atomic E-state index is 13.2. The van der Waals surface area contributed by atoms with E-state index in [2.05, 4.69) is 16.0 Å². The molecule has 0 aliphatic carbocycles. The SMILES string of the molecule is CC(=O)OCc1ccc(NC(=O)[C@H](CCC(=O)O)NC(=O)[C@@H](NC(=O)CCCCCN2C(=O)CC(C(C)(C)C)C2=O)C(C)C)cc1. The molecule has 5 amide bonds. The van der Waals surface area contributed by atoms with Gasteiger partial charge in [-0.15, -0.1) is 0 Å². The summed E-state index contributed by atoms with van der Waals surface area (Å²) < 4.78 is 4.94. The number of hydrogen-bond acceptors (Lipinski definition) is 8. The van der Waals surface area contributed by atoms with E-state index in [1.54, 1.807) is 38.1 Å². The maximum atomic E-state index is 13.2. The molecular formula is C33H48N4O9. The number of anilines is 1. The molecule has 0 spiro atoms. The van der Waals surface area contributed by atoms with Gasteiger partial charge in [-0.25, -0.2) is 0 Å². The Balaban J connectivity index is 1.90. The first kappa shape index (κ1) is 37.9. The van der Waals surface area contributed by atoms with E-state index in [1.807, 2.05) is 20.8 Å². The molecular weight excluding hydrogens is 596 g/mol. The molecule has 2 rings (SSSR count). The average Bonchev–Trinajstić information content (AvgIpc) is 3.26. The zero-order chi connectivity index (χ0) is 34.6. The molecule has 13 heteroatoms. The first-order chi connectivity index (χ1) is 21.5. The van der Waals surface area contributed by atoms with Crippen LogP contribution in [0.25, 0.3) is 0 Å². The molecule has 1 aliphatic rings. The number of benzene rings is 1. The van der Waals surface area contributed by atoms with Gasteiger partial charge in [0.15, 0.2) is 0 Å². The molecule has 254 valence electrons. The van der Waals surface area contributed by atoms with Gasteiger partial charge < -0.3 is 25.8 Å². The number of likely N-dealkylation sites (tertiary alicyclic amines) is 1. The molecule has 1 aliphatic heterocycles. The normalized spacial score (nSPS) is 16.2. The van der Waals surface area contributed by atoms with Crippen molar-refractivity contribution in [3.8, 4) is 0 Å². The molecule has 46 heavy (non-hydrogen) atoms. The van der Waals surface area contributed by atoms with Crippen molar-refractivity contribution in [3.63, 3.8) is 0 Å². The van der Waals surface area contributed by atoms with Crippen LogP contribution in [0.5, 0.6) is 0 Å². The van der Waals surface area contributed by atoms with E-state index in [9.17, 15) is 38.7 Å². The summed E-state index contributed by atoms with van der Waals surface area (Å²) in [4.78, 5) is 87.6. The van der Waals surface area contributed by atoms with E-state index in [4.69, 9.17) is 4.74 Å². The first-order valence-electron chi connectivity index (χ1n) is 15.7. The average molecular weight is 645 g/mol. The Morgan fingerprint density at radius 2 is 1.61 bits per heavy atom. The maximum Gasteiger partial charge on any atom is 0.303 e. The summed E-state index contributed by atoms with van der Waals surface area (Å²) in [7, 11) is 0. The topological polar surface area (TPSA) is 188 Å². The highest BCUT2D eigenvalue weighted by Gasteiger charge is 2.44. The van der Waals surface area contributed by atoms with Crippen LogP contribution in [-0.2, 0) is 44.9 Å². The molecule has 1 saturated heterocycles. The quantitative estimate of drug-likeness (QED) is 0.112. The summed E-state index contributed by atoms with van der Waals surface area (Å²) in [5, 5.41) is 17.2. The number of carbonyl (C=O) groups is 7. The van der Waals surface area contributed by atoms with Gasteiger partial charge >= 0.3 is 11.9 Å². The van der Waals surface area contributed by atoms with Crippen LogP contribution in [0.4, 0.5) is 5.69 Å². The summed E-state index contributed by atoms with van der Waals surface area (Å²) in [6, 6.07) is 4.34. The lowest BCUT2D eigenvalue weighted by atomic mass is 9.80. The van der Waals surface area contributed by atoms with Crippen LogP contribution in [0.3, 0.4) is 0 Å². The summed E-state index contributed by atoms with van der Waals surface area (Å²) >= 11 is 0. The number of ether oxygens (including phenoxy) is 1. The molecule has 1 aromatic carbocycles. The van der Waals surface area contributed by atoms with Gasteiger partial charge in [0.2, 0.25) is 29.5 Å². The van der Waals surface area contributed by atoms with Gasteiger partial charge in [0.25, 0.3) is 0 Å². The predicted octanol–water partition coefficient (Wildman–Crippen LogP) is 3.16. The van der Waals surface area contributed by atoms with Crippen molar-refractivity contribution in [1.29, 1.82) is 0 Å². The van der Waals surface area contributed by atoms with Crippen molar-refractivity contribution < 1.29 is 43.4 Å². The van der Waals surface area contributed by atoms with Crippen LogP contribution in [0, 0.1) is 17.3 Å². The van der Waals surface area contributed by atoms with Crippen LogP contribution in [-0.4, -0.2) is 70.1 Å². The number of nitrogens with one attached hydrogen (secondary N) is 3.